The summed E-state index contributed by atoms with van der Waals surface area (Å²) in [4.78, 5) is 0. The van der Waals surface area contributed by atoms with Crippen molar-refractivity contribution in [1.29, 1.82) is 0 Å². The summed E-state index contributed by atoms with van der Waals surface area (Å²) in [5.41, 5.74) is 1.24. The molecule has 1 nitrogen and oxygen atoms in total. The molecule has 0 radical (unpaired) electrons. The molecule has 0 unspecified atom stereocenters. The van der Waals surface area contributed by atoms with E-state index in [4.69, 9.17) is 0 Å². The summed E-state index contributed by atoms with van der Waals surface area (Å²) in [6, 6.07) is 6.45. The summed E-state index contributed by atoms with van der Waals surface area (Å²) in [6.45, 7) is 9.81. The van der Waals surface area contributed by atoms with Gasteiger partial charge in [-0.25, -0.2) is 4.39 Å². The van der Waals surface area contributed by atoms with Crippen LogP contribution in [-0.2, 0) is 5.41 Å². The van der Waals surface area contributed by atoms with E-state index in [1.54, 1.807) is 18.2 Å². The van der Waals surface area contributed by atoms with E-state index in [-0.39, 0.29) is 17.0 Å². The van der Waals surface area contributed by atoms with Crippen LogP contribution >= 0.6 is 0 Å². The highest BCUT2D eigenvalue weighted by Gasteiger charge is 2.20. The summed E-state index contributed by atoms with van der Waals surface area (Å²) in [6.07, 6.45) is 1.53. The maximum Gasteiger partial charge on any atom is 0.131 e. The Labute approximate surface area is 107 Å². The first-order chi connectivity index (χ1) is 8.34. The van der Waals surface area contributed by atoms with Crippen molar-refractivity contribution in [3.05, 3.63) is 47.8 Å². The third-order valence-corrected chi connectivity index (χ3v) is 3.10. The van der Waals surface area contributed by atoms with Crippen molar-refractivity contribution in [2.75, 3.05) is 0 Å². The smallest absolute Gasteiger partial charge is 0.131 e. The molecule has 0 spiro atoms. The lowest BCUT2D eigenvalue weighted by Crippen LogP contribution is -2.12. The standard InChI is InChI=1S/C16H17FO/c1-5-12-14(17)7-6-10-8-11(18)9-13(15(10)12)16(2,3)4/h5-9,18H,1H2,2-4H3. The second kappa shape index (κ2) is 4.13. The van der Waals surface area contributed by atoms with Crippen molar-refractivity contribution >= 4 is 16.8 Å². The average molecular weight is 244 g/mol. The van der Waals surface area contributed by atoms with Gasteiger partial charge in [-0.15, -0.1) is 0 Å². The molecule has 0 aliphatic carbocycles. The number of hydrogen-bond acceptors (Lipinski definition) is 1. The number of fused-ring (bicyclic) bond motifs is 1. The summed E-state index contributed by atoms with van der Waals surface area (Å²) in [7, 11) is 0. The topological polar surface area (TPSA) is 20.2 Å². The number of phenols is 1. The van der Waals surface area contributed by atoms with Gasteiger partial charge in [0.05, 0.1) is 0 Å². The highest BCUT2D eigenvalue weighted by molar-refractivity contribution is 5.95. The molecule has 0 amide bonds. The Balaban J connectivity index is 3.00. The number of benzene rings is 2. The summed E-state index contributed by atoms with van der Waals surface area (Å²) >= 11 is 0. The van der Waals surface area contributed by atoms with Gasteiger partial charge in [-0.1, -0.05) is 39.5 Å². The predicted molar refractivity (Wildman–Crippen MR) is 74.4 cm³/mol. The summed E-state index contributed by atoms with van der Waals surface area (Å²) in [5.74, 6) is -0.0808. The molecule has 0 aromatic heterocycles. The molecule has 2 heteroatoms. The monoisotopic (exact) mass is 244 g/mol. The van der Waals surface area contributed by atoms with E-state index >= 15 is 0 Å². The van der Waals surface area contributed by atoms with Crippen LogP contribution < -0.4 is 0 Å². The van der Waals surface area contributed by atoms with Gasteiger partial charge in [0, 0.05) is 5.56 Å². The van der Waals surface area contributed by atoms with Crippen LogP contribution in [0.5, 0.6) is 5.75 Å². The number of phenolic OH excluding ortho intramolecular Hbond substituents is 1. The van der Waals surface area contributed by atoms with Crippen LogP contribution in [-0.4, -0.2) is 5.11 Å². The minimum atomic E-state index is -0.284. The molecule has 0 saturated heterocycles. The minimum Gasteiger partial charge on any atom is -0.508 e. The van der Waals surface area contributed by atoms with Gasteiger partial charge in [0.1, 0.15) is 11.6 Å². The van der Waals surface area contributed by atoms with Gasteiger partial charge in [0.2, 0.25) is 0 Å². The zero-order chi connectivity index (χ0) is 13.5. The van der Waals surface area contributed by atoms with E-state index in [1.807, 2.05) is 20.8 Å². The van der Waals surface area contributed by atoms with Crippen LogP contribution in [0.1, 0.15) is 31.9 Å². The summed E-state index contributed by atoms with van der Waals surface area (Å²) < 4.78 is 13.9. The Kier molecular flexibility index (Phi) is 2.89. The largest absolute Gasteiger partial charge is 0.508 e. The number of halogens is 1. The molecule has 2 rings (SSSR count). The Morgan fingerprint density at radius 3 is 2.44 bits per heavy atom. The van der Waals surface area contributed by atoms with Crippen molar-refractivity contribution in [3.8, 4) is 5.75 Å². The van der Waals surface area contributed by atoms with Crippen LogP contribution in [0.4, 0.5) is 4.39 Å². The fourth-order valence-electron chi connectivity index (χ4n) is 2.24. The molecule has 18 heavy (non-hydrogen) atoms. The molecular weight excluding hydrogens is 227 g/mol. The average Bonchev–Trinajstić information content (AvgIpc) is 2.27. The molecule has 2 aromatic rings. The molecule has 0 atom stereocenters. The Hall–Kier alpha value is -1.83. The highest BCUT2D eigenvalue weighted by Crippen LogP contribution is 2.36. The molecule has 0 fully saturated rings. The number of aromatic hydroxyl groups is 1. The molecule has 0 bridgehead atoms. The second-order valence-electron chi connectivity index (χ2n) is 5.51. The zero-order valence-electron chi connectivity index (χ0n) is 10.9. The lowest BCUT2D eigenvalue weighted by atomic mass is 9.82. The summed E-state index contributed by atoms with van der Waals surface area (Å²) in [5, 5.41) is 11.4. The molecular formula is C16H17FO. The van der Waals surface area contributed by atoms with Gasteiger partial charge < -0.3 is 5.11 Å². The van der Waals surface area contributed by atoms with Crippen LogP contribution in [0.25, 0.3) is 16.8 Å². The van der Waals surface area contributed by atoms with E-state index in [9.17, 15) is 9.50 Å². The molecule has 94 valence electrons. The third kappa shape index (κ3) is 1.99. The molecule has 0 aliphatic heterocycles. The van der Waals surface area contributed by atoms with Crippen LogP contribution in [0, 0.1) is 5.82 Å². The number of hydrogen-bond donors (Lipinski definition) is 1. The van der Waals surface area contributed by atoms with E-state index in [1.165, 1.54) is 12.1 Å². The van der Waals surface area contributed by atoms with Crippen molar-refractivity contribution in [2.24, 2.45) is 0 Å². The van der Waals surface area contributed by atoms with Crippen molar-refractivity contribution in [3.63, 3.8) is 0 Å². The van der Waals surface area contributed by atoms with E-state index in [0.717, 1.165) is 16.3 Å². The third-order valence-electron chi connectivity index (χ3n) is 3.10. The molecule has 2 aromatic carbocycles. The fourth-order valence-corrected chi connectivity index (χ4v) is 2.24. The first-order valence-electron chi connectivity index (χ1n) is 5.92. The lowest BCUT2D eigenvalue weighted by molar-refractivity contribution is 0.472. The van der Waals surface area contributed by atoms with Crippen LogP contribution in [0.3, 0.4) is 0 Å². The fraction of sp³-hybridized carbons (Fsp3) is 0.250. The molecule has 0 saturated carbocycles. The molecule has 1 N–H and O–H groups in total. The maximum atomic E-state index is 13.9. The van der Waals surface area contributed by atoms with E-state index in [0.29, 0.717) is 5.56 Å². The Bertz CT molecular complexity index is 621. The van der Waals surface area contributed by atoms with Crippen molar-refractivity contribution in [1.82, 2.24) is 0 Å². The van der Waals surface area contributed by atoms with Gasteiger partial charge in [-0.3, -0.25) is 0 Å². The highest BCUT2D eigenvalue weighted by atomic mass is 19.1. The Morgan fingerprint density at radius 2 is 1.89 bits per heavy atom. The zero-order valence-corrected chi connectivity index (χ0v) is 10.9. The second-order valence-corrected chi connectivity index (χ2v) is 5.51. The van der Waals surface area contributed by atoms with Gasteiger partial charge >= 0.3 is 0 Å². The van der Waals surface area contributed by atoms with Crippen molar-refractivity contribution in [2.45, 2.75) is 26.2 Å². The first kappa shape index (κ1) is 12.6. The SMILES string of the molecule is C=Cc1c(F)ccc2cc(O)cc(C(C)(C)C)c12. The number of rotatable bonds is 1. The Morgan fingerprint density at radius 1 is 1.22 bits per heavy atom. The maximum absolute atomic E-state index is 13.9. The predicted octanol–water partition coefficient (Wildman–Crippen LogP) is 4.63. The van der Waals surface area contributed by atoms with Gasteiger partial charge in [0.15, 0.2) is 0 Å². The van der Waals surface area contributed by atoms with Crippen LogP contribution in [0.2, 0.25) is 0 Å². The minimum absolute atomic E-state index is 0.178. The van der Waals surface area contributed by atoms with E-state index < -0.39 is 0 Å². The van der Waals surface area contributed by atoms with Gasteiger partial charge in [-0.2, -0.15) is 0 Å². The van der Waals surface area contributed by atoms with Gasteiger partial charge in [0.25, 0.3) is 0 Å². The van der Waals surface area contributed by atoms with Crippen molar-refractivity contribution < 1.29 is 9.50 Å². The first-order valence-corrected chi connectivity index (χ1v) is 5.92. The normalized spacial score (nSPS) is 11.8. The lowest BCUT2D eigenvalue weighted by Gasteiger charge is -2.23. The quantitative estimate of drug-likeness (QED) is 0.775. The van der Waals surface area contributed by atoms with Gasteiger partial charge in [-0.05, 0) is 39.9 Å². The van der Waals surface area contributed by atoms with Crippen LogP contribution in [0.15, 0.2) is 30.8 Å². The molecule has 0 aliphatic rings. The van der Waals surface area contributed by atoms with E-state index in [2.05, 4.69) is 6.58 Å². The molecule has 0 heterocycles.